The molecule has 1 aromatic heterocycles. The summed E-state index contributed by atoms with van der Waals surface area (Å²) in [5.74, 6) is 1.35. The summed E-state index contributed by atoms with van der Waals surface area (Å²) in [5.41, 5.74) is 1.96. The zero-order valence-electron chi connectivity index (χ0n) is 14.0. The van der Waals surface area contributed by atoms with Gasteiger partial charge < -0.3 is 15.1 Å². The number of nitrogens with one attached hydrogen (secondary N) is 2. The lowest BCUT2D eigenvalue weighted by atomic mass is 10.1. The molecule has 0 saturated carbocycles. The van der Waals surface area contributed by atoms with E-state index in [9.17, 15) is 4.39 Å². The quantitative estimate of drug-likeness (QED) is 0.348. The van der Waals surface area contributed by atoms with E-state index in [4.69, 9.17) is 4.42 Å². The number of benzene rings is 2. The molecule has 0 amide bonds. The van der Waals surface area contributed by atoms with Crippen LogP contribution in [0.1, 0.15) is 11.3 Å². The van der Waals surface area contributed by atoms with Crippen LogP contribution in [0.3, 0.4) is 0 Å². The number of aliphatic imine (C=N–C) groups is 1. The van der Waals surface area contributed by atoms with Crippen molar-refractivity contribution in [2.45, 2.75) is 13.0 Å². The minimum Gasteiger partial charge on any atom is -0.459 e. The Hall–Kier alpha value is -2.09. The van der Waals surface area contributed by atoms with E-state index < -0.39 is 0 Å². The number of fused-ring (bicyclic) bond motifs is 1. The molecule has 0 spiro atoms. The summed E-state index contributed by atoms with van der Waals surface area (Å²) in [6.45, 7) is 1.27. The van der Waals surface area contributed by atoms with E-state index in [0.717, 1.165) is 28.7 Å². The number of para-hydroxylation sites is 1. The molecule has 0 atom stereocenters. The fourth-order valence-electron chi connectivity index (χ4n) is 2.49. The third-order valence-electron chi connectivity index (χ3n) is 3.75. The van der Waals surface area contributed by atoms with Crippen LogP contribution in [-0.4, -0.2) is 19.6 Å². The van der Waals surface area contributed by atoms with Gasteiger partial charge in [0.25, 0.3) is 0 Å². The van der Waals surface area contributed by atoms with E-state index in [1.807, 2.05) is 30.3 Å². The van der Waals surface area contributed by atoms with E-state index >= 15 is 0 Å². The van der Waals surface area contributed by atoms with Gasteiger partial charge in [0.1, 0.15) is 17.2 Å². The molecule has 132 valence electrons. The summed E-state index contributed by atoms with van der Waals surface area (Å²) < 4.78 is 18.6. The molecule has 3 aromatic rings. The molecule has 0 aliphatic heterocycles. The Kier molecular flexibility index (Phi) is 7.24. The van der Waals surface area contributed by atoms with Gasteiger partial charge in [-0.15, -0.1) is 24.0 Å². The predicted octanol–water partition coefficient (Wildman–Crippen LogP) is 4.10. The van der Waals surface area contributed by atoms with Crippen molar-refractivity contribution in [1.82, 2.24) is 10.6 Å². The van der Waals surface area contributed by atoms with Crippen molar-refractivity contribution >= 4 is 40.9 Å². The van der Waals surface area contributed by atoms with Crippen LogP contribution in [-0.2, 0) is 13.0 Å². The SMILES string of the molecule is CN=C(NCCc1ccc(F)cc1)NCc1cc2ccccc2o1.I. The van der Waals surface area contributed by atoms with E-state index in [1.165, 1.54) is 12.1 Å². The first-order valence-corrected chi connectivity index (χ1v) is 7.91. The average Bonchev–Trinajstić information content (AvgIpc) is 3.02. The summed E-state index contributed by atoms with van der Waals surface area (Å²) in [7, 11) is 1.73. The van der Waals surface area contributed by atoms with Crippen LogP contribution in [0.5, 0.6) is 0 Å². The molecular formula is C19H21FIN3O. The van der Waals surface area contributed by atoms with Gasteiger partial charge in [0.2, 0.25) is 0 Å². The minimum absolute atomic E-state index is 0. The first-order chi connectivity index (χ1) is 11.7. The van der Waals surface area contributed by atoms with E-state index in [-0.39, 0.29) is 29.8 Å². The number of guanidine groups is 1. The second kappa shape index (κ2) is 9.41. The zero-order chi connectivity index (χ0) is 16.8. The number of halogens is 2. The maximum atomic E-state index is 12.9. The van der Waals surface area contributed by atoms with Gasteiger partial charge in [0.05, 0.1) is 6.54 Å². The second-order valence-electron chi connectivity index (χ2n) is 5.48. The molecule has 3 rings (SSSR count). The van der Waals surface area contributed by atoms with E-state index in [2.05, 4.69) is 15.6 Å². The number of nitrogens with zero attached hydrogens (tertiary/aromatic N) is 1. The minimum atomic E-state index is -0.213. The molecule has 1 heterocycles. The van der Waals surface area contributed by atoms with Crippen molar-refractivity contribution in [3.8, 4) is 0 Å². The summed E-state index contributed by atoms with van der Waals surface area (Å²) in [6, 6.07) is 16.5. The Labute approximate surface area is 163 Å². The van der Waals surface area contributed by atoms with Crippen molar-refractivity contribution in [1.29, 1.82) is 0 Å². The highest BCUT2D eigenvalue weighted by atomic mass is 127. The number of furan rings is 1. The summed E-state index contributed by atoms with van der Waals surface area (Å²) in [6.07, 6.45) is 0.797. The molecule has 0 fully saturated rings. The largest absolute Gasteiger partial charge is 0.459 e. The highest BCUT2D eigenvalue weighted by molar-refractivity contribution is 14.0. The third-order valence-corrected chi connectivity index (χ3v) is 3.75. The Morgan fingerprint density at radius 1 is 1.08 bits per heavy atom. The maximum absolute atomic E-state index is 12.9. The molecule has 0 radical (unpaired) electrons. The molecule has 0 saturated heterocycles. The molecule has 2 N–H and O–H groups in total. The topological polar surface area (TPSA) is 49.6 Å². The molecule has 0 aliphatic rings. The van der Waals surface area contributed by atoms with Crippen molar-refractivity contribution in [2.75, 3.05) is 13.6 Å². The molecule has 2 aromatic carbocycles. The Morgan fingerprint density at radius 3 is 2.56 bits per heavy atom. The summed E-state index contributed by atoms with van der Waals surface area (Å²) in [5, 5.41) is 7.56. The molecule has 0 unspecified atom stereocenters. The van der Waals surface area contributed by atoms with E-state index in [1.54, 1.807) is 19.2 Å². The normalized spacial score (nSPS) is 11.2. The van der Waals surface area contributed by atoms with E-state index in [0.29, 0.717) is 19.0 Å². The Morgan fingerprint density at radius 2 is 1.84 bits per heavy atom. The molecule has 0 bridgehead atoms. The summed E-state index contributed by atoms with van der Waals surface area (Å²) in [4.78, 5) is 4.20. The van der Waals surface area contributed by atoms with Crippen LogP contribution < -0.4 is 10.6 Å². The number of hydrogen-bond donors (Lipinski definition) is 2. The Bertz CT molecular complexity index is 797. The predicted molar refractivity (Wildman–Crippen MR) is 110 cm³/mol. The van der Waals surface area contributed by atoms with Crippen LogP contribution in [0.4, 0.5) is 4.39 Å². The fourth-order valence-corrected chi connectivity index (χ4v) is 2.49. The second-order valence-corrected chi connectivity index (χ2v) is 5.48. The molecule has 6 heteroatoms. The lowest BCUT2D eigenvalue weighted by Crippen LogP contribution is -2.37. The lowest BCUT2D eigenvalue weighted by Gasteiger charge is -2.10. The van der Waals surface area contributed by atoms with Crippen molar-refractivity contribution in [2.24, 2.45) is 4.99 Å². The van der Waals surface area contributed by atoms with Gasteiger partial charge in [-0.3, -0.25) is 4.99 Å². The van der Waals surface area contributed by atoms with Crippen LogP contribution in [0.25, 0.3) is 11.0 Å². The van der Waals surface area contributed by atoms with Crippen LogP contribution in [0, 0.1) is 5.82 Å². The Balaban J connectivity index is 0.00000225. The van der Waals surface area contributed by atoms with Crippen molar-refractivity contribution in [3.63, 3.8) is 0 Å². The van der Waals surface area contributed by atoms with Gasteiger partial charge in [0, 0.05) is 19.0 Å². The monoisotopic (exact) mass is 453 g/mol. The zero-order valence-corrected chi connectivity index (χ0v) is 16.3. The third kappa shape index (κ3) is 5.45. The lowest BCUT2D eigenvalue weighted by molar-refractivity contribution is 0.538. The van der Waals surface area contributed by atoms with Gasteiger partial charge >= 0.3 is 0 Å². The first kappa shape index (κ1) is 19.2. The van der Waals surface area contributed by atoms with Gasteiger partial charge in [-0.25, -0.2) is 4.39 Å². The molecule has 0 aliphatic carbocycles. The van der Waals surface area contributed by atoms with Crippen molar-refractivity contribution < 1.29 is 8.81 Å². The summed E-state index contributed by atoms with van der Waals surface area (Å²) >= 11 is 0. The molecular weight excluding hydrogens is 432 g/mol. The van der Waals surface area contributed by atoms with Gasteiger partial charge in [-0.1, -0.05) is 30.3 Å². The van der Waals surface area contributed by atoms with Crippen LogP contribution >= 0.6 is 24.0 Å². The maximum Gasteiger partial charge on any atom is 0.191 e. The van der Waals surface area contributed by atoms with Gasteiger partial charge in [-0.2, -0.15) is 0 Å². The average molecular weight is 453 g/mol. The standard InChI is InChI=1S/C19H20FN3O.HI/c1-21-19(22-11-10-14-6-8-16(20)9-7-14)23-13-17-12-15-4-2-3-5-18(15)24-17;/h2-9,12H,10-11,13H2,1H3,(H2,21,22,23);1H. The number of hydrogen-bond acceptors (Lipinski definition) is 2. The molecule has 25 heavy (non-hydrogen) atoms. The van der Waals surface area contributed by atoms with Gasteiger partial charge in [0.15, 0.2) is 5.96 Å². The molecule has 4 nitrogen and oxygen atoms in total. The highest BCUT2D eigenvalue weighted by Crippen LogP contribution is 2.18. The highest BCUT2D eigenvalue weighted by Gasteiger charge is 2.04. The van der Waals surface area contributed by atoms with Crippen LogP contribution in [0.15, 0.2) is 64.0 Å². The smallest absolute Gasteiger partial charge is 0.191 e. The van der Waals surface area contributed by atoms with Gasteiger partial charge in [-0.05, 0) is 36.2 Å². The van der Waals surface area contributed by atoms with Crippen molar-refractivity contribution in [3.05, 3.63) is 71.7 Å². The first-order valence-electron chi connectivity index (χ1n) is 7.91. The number of rotatable bonds is 5. The van der Waals surface area contributed by atoms with Crippen LogP contribution in [0.2, 0.25) is 0 Å². The fraction of sp³-hybridized carbons (Fsp3) is 0.211.